The summed E-state index contributed by atoms with van der Waals surface area (Å²) in [5, 5.41) is 5.99. The summed E-state index contributed by atoms with van der Waals surface area (Å²) in [4.78, 5) is 25.3. The van der Waals surface area contributed by atoms with Crippen molar-refractivity contribution in [2.24, 2.45) is 0 Å². The van der Waals surface area contributed by atoms with Gasteiger partial charge in [0, 0.05) is 11.1 Å². The van der Waals surface area contributed by atoms with Crippen LogP contribution in [0.25, 0.3) is 0 Å². The maximum atomic E-state index is 13.7. The van der Waals surface area contributed by atoms with Gasteiger partial charge in [-0.25, -0.2) is 8.78 Å². The second-order valence-corrected chi connectivity index (χ2v) is 8.56. The molecule has 0 fully saturated rings. The molecule has 5 nitrogen and oxygen atoms in total. The average molecular weight is 491 g/mol. The van der Waals surface area contributed by atoms with E-state index in [1.54, 1.807) is 6.92 Å². The fourth-order valence-electron chi connectivity index (χ4n) is 2.61. The third-order valence-corrected chi connectivity index (χ3v) is 5.37. The molecule has 0 saturated heterocycles. The maximum absolute atomic E-state index is 13.7. The summed E-state index contributed by atoms with van der Waals surface area (Å²) in [5.74, 6) is -1.93. The molecule has 0 heterocycles. The van der Waals surface area contributed by atoms with Crippen molar-refractivity contribution in [1.29, 1.82) is 0 Å². The zero-order valence-electron chi connectivity index (χ0n) is 16.9. The fourth-order valence-corrected chi connectivity index (χ4v) is 3.57. The first-order valence-corrected chi connectivity index (χ1v) is 11.5. The van der Waals surface area contributed by atoms with Crippen molar-refractivity contribution in [3.8, 4) is 5.75 Å². The van der Waals surface area contributed by atoms with Crippen molar-refractivity contribution in [1.82, 2.24) is 10.6 Å². The lowest BCUT2D eigenvalue weighted by Crippen LogP contribution is -2.50. The normalized spacial score (nSPS) is 12.7. The number of hydrogen-bond acceptors (Lipinski definition) is 4. The molecular formula is C21H22Cl2F2N2O3S. The van der Waals surface area contributed by atoms with Crippen molar-refractivity contribution in [2.75, 3.05) is 18.6 Å². The van der Waals surface area contributed by atoms with Gasteiger partial charge in [-0.15, -0.1) is 0 Å². The van der Waals surface area contributed by atoms with E-state index in [0.29, 0.717) is 23.3 Å². The van der Waals surface area contributed by atoms with Crippen molar-refractivity contribution in [3.63, 3.8) is 0 Å². The van der Waals surface area contributed by atoms with Gasteiger partial charge in [0.15, 0.2) is 11.6 Å². The van der Waals surface area contributed by atoms with Crippen LogP contribution in [0.1, 0.15) is 23.7 Å². The Balaban J connectivity index is 1.98. The Kier molecular flexibility index (Phi) is 9.87. The minimum Gasteiger partial charge on any atom is -0.488 e. The van der Waals surface area contributed by atoms with Crippen LogP contribution in [0.15, 0.2) is 36.4 Å². The monoisotopic (exact) mass is 490 g/mol. The van der Waals surface area contributed by atoms with Gasteiger partial charge in [0.1, 0.15) is 18.5 Å². The molecule has 0 aromatic heterocycles. The number of ether oxygens (including phenoxy) is 1. The molecule has 2 unspecified atom stereocenters. The molecule has 2 N–H and O–H groups in total. The number of rotatable bonds is 10. The van der Waals surface area contributed by atoms with Crippen LogP contribution < -0.4 is 15.4 Å². The van der Waals surface area contributed by atoms with Crippen LogP contribution in [0.3, 0.4) is 0 Å². The number of carbonyl (C=O) groups excluding carboxylic acids is 2. The molecule has 0 aliphatic heterocycles. The Hall–Kier alpha value is -2.03. The van der Waals surface area contributed by atoms with Crippen molar-refractivity contribution in [2.45, 2.75) is 25.4 Å². The van der Waals surface area contributed by atoms with E-state index in [4.69, 9.17) is 27.9 Å². The molecular weight excluding hydrogens is 469 g/mol. The zero-order chi connectivity index (χ0) is 23.0. The lowest BCUT2D eigenvalue weighted by atomic mass is 10.1. The van der Waals surface area contributed by atoms with E-state index in [1.165, 1.54) is 36.0 Å². The highest BCUT2D eigenvalue weighted by atomic mass is 35.5. The molecule has 2 amide bonds. The van der Waals surface area contributed by atoms with Crippen LogP contribution in [-0.2, 0) is 4.79 Å². The average Bonchev–Trinajstić information content (AvgIpc) is 2.70. The largest absolute Gasteiger partial charge is 0.488 e. The molecule has 0 bridgehead atoms. The smallest absolute Gasteiger partial charge is 0.253 e. The Morgan fingerprint density at radius 3 is 2.52 bits per heavy atom. The van der Waals surface area contributed by atoms with E-state index >= 15 is 0 Å². The van der Waals surface area contributed by atoms with E-state index < -0.39 is 35.5 Å². The summed E-state index contributed by atoms with van der Waals surface area (Å²) in [5.41, 5.74) is 0.205. The molecule has 2 rings (SSSR count). The van der Waals surface area contributed by atoms with Crippen LogP contribution >= 0.6 is 35.0 Å². The predicted molar refractivity (Wildman–Crippen MR) is 120 cm³/mol. The Labute approximate surface area is 193 Å². The van der Waals surface area contributed by atoms with E-state index in [9.17, 15) is 18.4 Å². The lowest BCUT2D eigenvalue weighted by Gasteiger charge is -2.22. The summed E-state index contributed by atoms with van der Waals surface area (Å²) >= 11 is 13.5. The van der Waals surface area contributed by atoms with Gasteiger partial charge in [-0.1, -0.05) is 23.2 Å². The number of carbonyl (C=O) groups is 2. The second kappa shape index (κ2) is 12.1. The first-order chi connectivity index (χ1) is 14.7. The van der Waals surface area contributed by atoms with Crippen molar-refractivity contribution < 1.29 is 23.1 Å². The second-order valence-electron chi connectivity index (χ2n) is 6.73. The van der Waals surface area contributed by atoms with Gasteiger partial charge in [0.25, 0.3) is 5.91 Å². The molecule has 0 aliphatic rings. The minimum absolute atomic E-state index is 0.0412. The summed E-state index contributed by atoms with van der Waals surface area (Å²) in [6.07, 6.45) is 2.28. The van der Waals surface area contributed by atoms with Gasteiger partial charge in [-0.3, -0.25) is 9.59 Å². The summed E-state index contributed by atoms with van der Waals surface area (Å²) in [7, 11) is 0. The fraction of sp³-hybridized carbons (Fsp3) is 0.333. The number of amides is 2. The highest BCUT2D eigenvalue weighted by Crippen LogP contribution is 2.21. The molecule has 2 atom stereocenters. The molecule has 10 heteroatoms. The van der Waals surface area contributed by atoms with Crippen LogP contribution in [0.4, 0.5) is 8.78 Å². The Morgan fingerprint density at radius 1 is 1.13 bits per heavy atom. The quantitative estimate of drug-likeness (QED) is 0.506. The summed E-state index contributed by atoms with van der Waals surface area (Å²) < 4.78 is 32.0. The number of halogens is 4. The van der Waals surface area contributed by atoms with E-state index in [-0.39, 0.29) is 22.9 Å². The minimum atomic E-state index is -0.830. The van der Waals surface area contributed by atoms with Crippen molar-refractivity contribution >= 4 is 46.8 Å². The Morgan fingerprint density at radius 2 is 1.87 bits per heavy atom. The highest BCUT2D eigenvalue weighted by molar-refractivity contribution is 7.98. The summed E-state index contributed by atoms with van der Waals surface area (Å²) in [6.45, 7) is 1.63. The standard InChI is InChI=1S/C21H22Cl2F2N2O3S/c1-12(11-30-19-6-4-14(24)10-17(19)25)26-21(29)18(7-8-31-2)27-20(28)15-5-3-13(22)9-16(15)23/h3-6,9-10,12,18H,7-8,11H2,1-2H3,(H,26,29)(H,27,28). The lowest BCUT2D eigenvalue weighted by molar-refractivity contribution is -0.123. The van der Waals surface area contributed by atoms with Gasteiger partial charge < -0.3 is 15.4 Å². The SMILES string of the molecule is CSCCC(NC(=O)c1ccc(Cl)cc1Cl)C(=O)NC(C)COc1ccc(F)cc1F. The third-order valence-electron chi connectivity index (χ3n) is 4.18. The number of benzene rings is 2. The molecule has 2 aromatic carbocycles. The maximum Gasteiger partial charge on any atom is 0.253 e. The van der Waals surface area contributed by atoms with E-state index in [1.807, 2.05) is 6.26 Å². The third kappa shape index (κ3) is 7.87. The highest BCUT2D eigenvalue weighted by Gasteiger charge is 2.23. The van der Waals surface area contributed by atoms with Gasteiger partial charge in [0.2, 0.25) is 5.91 Å². The number of nitrogens with one attached hydrogen (secondary N) is 2. The molecule has 2 aromatic rings. The number of thioether (sulfide) groups is 1. The molecule has 0 saturated carbocycles. The molecule has 0 spiro atoms. The van der Waals surface area contributed by atoms with Crippen LogP contribution in [0.5, 0.6) is 5.75 Å². The van der Waals surface area contributed by atoms with E-state index in [0.717, 1.165) is 6.07 Å². The van der Waals surface area contributed by atoms with Crippen LogP contribution in [0, 0.1) is 11.6 Å². The van der Waals surface area contributed by atoms with Gasteiger partial charge >= 0.3 is 0 Å². The summed E-state index contributed by atoms with van der Waals surface area (Å²) in [6, 6.07) is 6.14. The van der Waals surface area contributed by atoms with Crippen LogP contribution in [-0.4, -0.2) is 42.5 Å². The first kappa shape index (κ1) is 25.2. The topological polar surface area (TPSA) is 67.4 Å². The molecule has 168 valence electrons. The van der Waals surface area contributed by atoms with Crippen LogP contribution in [0.2, 0.25) is 10.0 Å². The number of hydrogen-bond donors (Lipinski definition) is 2. The first-order valence-electron chi connectivity index (χ1n) is 9.34. The van der Waals surface area contributed by atoms with Gasteiger partial charge in [0.05, 0.1) is 16.6 Å². The molecule has 0 aliphatic carbocycles. The predicted octanol–water partition coefficient (Wildman–Crippen LogP) is 4.71. The van der Waals surface area contributed by atoms with E-state index in [2.05, 4.69) is 10.6 Å². The molecule has 0 radical (unpaired) electrons. The molecule has 31 heavy (non-hydrogen) atoms. The van der Waals surface area contributed by atoms with Gasteiger partial charge in [-0.2, -0.15) is 11.8 Å². The Bertz CT molecular complexity index is 933. The zero-order valence-corrected chi connectivity index (χ0v) is 19.2. The van der Waals surface area contributed by atoms with Gasteiger partial charge in [-0.05, 0) is 55.7 Å². The van der Waals surface area contributed by atoms with Crippen molar-refractivity contribution in [3.05, 3.63) is 63.6 Å².